The smallest absolute Gasteiger partial charge is 0.366 e. The van der Waals surface area contributed by atoms with Crippen LogP contribution >= 0.6 is 0 Å². The molecule has 0 radical (unpaired) electrons. The summed E-state index contributed by atoms with van der Waals surface area (Å²) in [5.74, 6) is -5.94. The summed E-state index contributed by atoms with van der Waals surface area (Å²) in [7, 11) is 0. The number of nitrogens with zero attached hydrogens (tertiary/aromatic N) is 2. The third-order valence-electron chi connectivity index (χ3n) is 6.63. The Bertz CT molecular complexity index is 1610. The standard InChI is InChI=1S/C29H20F9N3O2/c30-17-7-14(8-18(31)11-17)6-16(9-19(42)12-24-22(28(33,34)35)13-25(41-24)29(36,37)38)26-20(2-1-5-40-26)15-3-4-23(32)21(10-15)27(39)43/h1-5,7-8,10-11,13,16,24H,6,9,12H2,(H2,39,43)/t16-,24?/m1/s1. The summed E-state index contributed by atoms with van der Waals surface area (Å²) in [6.45, 7) is 0. The maximum atomic E-state index is 14.1. The Morgan fingerprint density at radius 2 is 1.58 bits per heavy atom. The first kappa shape index (κ1) is 31.4. The second-order valence-electron chi connectivity index (χ2n) is 9.75. The van der Waals surface area contributed by atoms with Crippen LogP contribution in [0.3, 0.4) is 0 Å². The number of amides is 1. The van der Waals surface area contributed by atoms with Crippen molar-refractivity contribution >= 4 is 17.4 Å². The first-order chi connectivity index (χ1) is 20.0. The monoisotopic (exact) mass is 613 g/mol. The number of rotatable bonds is 9. The van der Waals surface area contributed by atoms with Gasteiger partial charge in [0.15, 0.2) is 0 Å². The van der Waals surface area contributed by atoms with Crippen molar-refractivity contribution in [2.75, 3.05) is 0 Å². The summed E-state index contributed by atoms with van der Waals surface area (Å²) in [5.41, 5.74) is 1.90. The summed E-state index contributed by atoms with van der Waals surface area (Å²) in [6.07, 6.45) is -11.2. The molecule has 0 saturated carbocycles. The second kappa shape index (κ2) is 12.0. The van der Waals surface area contributed by atoms with Crippen LogP contribution in [0, 0.1) is 17.5 Å². The normalized spacial score (nSPS) is 16.1. The number of aliphatic imine (C=N–C) groups is 1. The molecule has 2 N–H and O–H groups in total. The van der Waals surface area contributed by atoms with Crippen LogP contribution in [0.25, 0.3) is 11.1 Å². The van der Waals surface area contributed by atoms with Crippen molar-refractivity contribution in [3.63, 3.8) is 0 Å². The fourth-order valence-electron chi connectivity index (χ4n) is 4.82. The lowest BCUT2D eigenvalue weighted by Gasteiger charge is -2.21. The van der Waals surface area contributed by atoms with E-state index in [0.717, 1.165) is 24.3 Å². The molecule has 3 aromatic rings. The molecular weight excluding hydrogens is 593 g/mol. The number of hydrogen-bond donors (Lipinski definition) is 1. The van der Waals surface area contributed by atoms with Crippen molar-refractivity contribution in [1.29, 1.82) is 0 Å². The molecule has 2 atom stereocenters. The summed E-state index contributed by atoms with van der Waals surface area (Å²) < 4.78 is 122. The molecule has 2 aromatic carbocycles. The highest BCUT2D eigenvalue weighted by molar-refractivity contribution is 6.02. The summed E-state index contributed by atoms with van der Waals surface area (Å²) in [4.78, 5) is 32.2. The third-order valence-corrected chi connectivity index (χ3v) is 6.63. The van der Waals surface area contributed by atoms with E-state index in [9.17, 15) is 49.1 Å². The molecule has 1 amide bonds. The van der Waals surface area contributed by atoms with Crippen molar-refractivity contribution in [3.8, 4) is 11.1 Å². The fourth-order valence-corrected chi connectivity index (χ4v) is 4.82. The Hall–Kier alpha value is -4.49. The van der Waals surface area contributed by atoms with E-state index >= 15 is 0 Å². The van der Waals surface area contributed by atoms with Gasteiger partial charge in [0.2, 0.25) is 0 Å². The van der Waals surface area contributed by atoms with Crippen LogP contribution in [0.2, 0.25) is 0 Å². The van der Waals surface area contributed by atoms with Crippen LogP contribution in [0.5, 0.6) is 0 Å². The van der Waals surface area contributed by atoms with E-state index in [2.05, 4.69) is 9.98 Å². The van der Waals surface area contributed by atoms with Crippen molar-refractivity contribution in [2.45, 2.75) is 43.6 Å². The molecule has 1 unspecified atom stereocenters. The summed E-state index contributed by atoms with van der Waals surface area (Å²) in [6, 6.07) is 6.65. The highest BCUT2D eigenvalue weighted by atomic mass is 19.4. The van der Waals surface area contributed by atoms with E-state index in [1.165, 1.54) is 24.4 Å². The van der Waals surface area contributed by atoms with Gasteiger partial charge in [-0.2, -0.15) is 26.3 Å². The predicted octanol–water partition coefficient (Wildman–Crippen LogP) is 6.81. The van der Waals surface area contributed by atoms with Crippen molar-refractivity contribution < 1.29 is 49.1 Å². The molecule has 0 aliphatic carbocycles. The Balaban J connectivity index is 1.73. The van der Waals surface area contributed by atoms with Gasteiger partial charge >= 0.3 is 12.4 Å². The lowest BCUT2D eigenvalue weighted by atomic mass is 9.85. The Labute approximate surface area is 237 Å². The molecule has 1 aliphatic heterocycles. The van der Waals surface area contributed by atoms with Gasteiger partial charge in [0.25, 0.3) is 5.91 Å². The zero-order valence-corrected chi connectivity index (χ0v) is 21.7. The highest BCUT2D eigenvalue weighted by Crippen LogP contribution is 2.39. The number of nitrogens with two attached hydrogens (primary N) is 1. The number of ketones is 1. The van der Waals surface area contributed by atoms with Gasteiger partial charge in [-0.15, -0.1) is 0 Å². The van der Waals surface area contributed by atoms with Gasteiger partial charge in [0, 0.05) is 36.6 Å². The van der Waals surface area contributed by atoms with E-state index in [1.807, 2.05) is 0 Å². The molecule has 2 heterocycles. The number of aromatic nitrogens is 1. The second-order valence-corrected chi connectivity index (χ2v) is 9.75. The maximum Gasteiger partial charge on any atom is 0.432 e. The molecule has 0 saturated heterocycles. The van der Waals surface area contributed by atoms with Gasteiger partial charge in [-0.3, -0.25) is 19.6 Å². The van der Waals surface area contributed by atoms with E-state index in [-0.39, 0.29) is 34.9 Å². The van der Waals surface area contributed by atoms with Gasteiger partial charge < -0.3 is 5.73 Å². The van der Waals surface area contributed by atoms with E-state index in [4.69, 9.17) is 5.73 Å². The van der Waals surface area contributed by atoms with Gasteiger partial charge in [0.1, 0.15) is 28.9 Å². The Morgan fingerprint density at radius 3 is 2.19 bits per heavy atom. The topological polar surface area (TPSA) is 85.4 Å². The summed E-state index contributed by atoms with van der Waals surface area (Å²) in [5, 5.41) is 0. The molecule has 0 spiro atoms. The Kier molecular flexibility index (Phi) is 8.79. The van der Waals surface area contributed by atoms with Crippen LogP contribution in [0.4, 0.5) is 39.5 Å². The van der Waals surface area contributed by atoms with Gasteiger partial charge in [-0.1, -0.05) is 12.1 Å². The van der Waals surface area contributed by atoms with Crippen LogP contribution < -0.4 is 5.73 Å². The van der Waals surface area contributed by atoms with Crippen LogP contribution in [0.1, 0.15) is 40.4 Å². The maximum absolute atomic E-state index is 14.1. The number of primary amides is 1. The molecule has 0 bridgehead atoms. The van der Waals surface area contributed by atoms with Crippen LogP contribution in [-0.2, 0) is 11.2 Å². The van der Waals surface area contributed by atoms with E-state index in [0.29, 0.717) is 6.07 Å². The fraction of sp³-hybridized carbons (Fsp3) is 0.241. The minimum atomic E-state index is -5.20. The number of halogens is 9. The molecule has 4 rings (SSSR count). The first-order valence-corrected chi connectivity index (χ1v) is 12.5. The molecule has 43 heavy (non-hydrogen) atoms. The predicted molar refractivity (Wildman–Crippen MR) is 137 cm³/mol. The number of Topliss-reactive ketones (excluding diaryl/α,β-unsaturated/α-hetero) is 1. The van der Waals surface area contributed by atoms with E-state index < -0.39 is 83.1 Å². The Morgan fingerprint density at radius 1 is 0.907 bits per heavy atom. The van der Waals surface area contributed by atoms with Crippen molar-refractivity contribution in [1.82, 2.24) is 4.98 Å². The van der Waals surface area contributed by atoms with Crippen molar-refractivity contribution in [3.05, 3.63) is 101 Å². The third kappa shape index (κ3) is 7.48. The lowest BCUT2D eigenvalue weighted by Crippen LogP contribution is -2.24. The average molecular weight is 613 g/mol. The quantitative estimate of drug-likeness (QED) is 0.269. The minimum Gasteiger partial charge on any atom is -0.366 e. The van der Waals surface area contributed by atoms with Crippen molar-refractivity contribution in [2.24, 2.45) is 10.7 Å². The highest BCUT2D eigenvalue weighted by Gasteiger charge is 2.47. The molecular formula is C29H20F9N3O2. The molecule has 0 fully saturated rings. The van der Waals surface area contributed by atoms with Crippen LogP contribution in [0.15, 0.2) is 71.4 Å². The average Bonchev–Trinajstić information content (AvgIpc) is 3.33. The van der Waals surface area contributed by atoms with Crippen LogP contribution in [-0.4, -0.2) is 40.8 Å². The zero-order valence-electron chi connectivity index (χ0n) is 21.7. The number of alkyl halides is 6. The molecule has 1 aliphatic rings. The van der Waals surface area contributed by atoms with Gasteiger partial charge in [0.05, 0.1) is 22.9 Å². The largest absolute Gasteiger partial charge is 0.432 e. The molecule has 226 valence electrons. The molecule has 5 nitrogen and oxygen atoms in total. The number of carbonyl (C=O) groups is 2. The molecule has 14 heteroatoms. The van der Waals surface area contributed by atoms with E-state index in [1.54, 1.807) is 0 Å². The zero-order chi connectivity index (χ0) is 31.7. The number of allylic oxidation sites excluding steroid dienone is 1. The molecule has 1 aromatic heterocycles. The minimum absolute atomic E-state index is 0.0398. The summed E-state index contributed by atoms with van der Waals surface area (Å²) >= 11 is 0. The van der Waals surface area contributed by atoms with Gasteiger partial charge in [-0.25, -0.2) is 13.2 Å². The SMILES string of the molecule is NC(=O)c1cc(-c2cccnc2[C@@H](CC(=O)CC2N=C(C(F)(F)F)C=C2C(F)(F)F)Cc2cc(F)cc(F)c2)ccc1F. The number of carbonyl (C=O) groups excluding carboxylic acids is 2. The number of hydrogen-bond acceptors (Lipinski definition) is 4. The number of pyridine rings is 1. The first-order valence-electron chi connectivity index (χ1n) is 12.5. The number of benzene rings is 2. The lowest BCUT2D eigenvalue weighted by molar-refractivity contribution is -0.120. The van der Waals surface area contributed by atoms with Gasteiger partial charge in [-0.05, 0) is 54.0 Å².